The van der Waals surface area contributed by atoms with Crippen molar-refractivity contribution in [1.82, 2.24) is 0 Å². The predicted octanol–water partition coefficient (Wildman–Crippen LogP) is 2.78. The lowest BCUT2D eigenvalue weighted by Gasteiger charge is -2.24. The van der Waals surface area contributed by atoms with Crippen molar-refractivity contribution < 1.29 is 34.1 Å². The van der Waals surface area contributed by atoms with Gasteiger partial charge in [0, 0.05) is 17.0 Å². The molecule has 0 saturated carbocycles. The number of aliphatic hydroxyl groups is 1. The van der Waals surface area contributed by atoms with Crippen LogP contribution in [-0.2, 0) is 14.3 Å². The molecule has 1 aliphatic carbocycles. The minimum Gasteiger partial charge on any atom is -0.507 e. The van der Waals surface area contributed by atoms with Crippen molar-refractivity contribution in [1.29, 1.82) is 0 Å². The zero-order chi connectivity index (χ0) is 20.4. The Balaban J connectivity index is 2.20. The third-order valence-corrected chi connectivity index (χ3v) is 4.68. The number of rotatable bonds is 5. The van der Waals surface area contributed by atoms with Gasteiger partial charge in [0.1, 0.15) is 5.76 Å². The van der Waals surface area contributed by atoms with Crippen LogP contribution in [0.1, 0.15) is 33.8 Å². The number of benzene rings is 2. The monoisotopic (exact) mass is 382 g/mol. The molecule has 2 aromatic rings. The summed E-state index contributed by atoms with van der Waals surface area (Å²) in [4.78, 5) is 37.3. The molecule has 1 atom stereocenters. The van der Waals surface area contributed by atoms with Crippen molar-refractivity contribution in [3.63, 3.8) is 0 Å². The lowest BCUT2D eigenvalue weighted by molar-refractivity contribution is -0.140. The molecular formula is C21H18O7. The SMILES string of the molecule is COC(=O)C[C@H](C1=C(O)c2ccccc2C(=O)C1=O)c1ccc(OC)c(O)c1. The van der Waals surface area contributed by atoms with E-state index in [-0.39, 0.29) is 40.4 Å². The number of aliphatic hydroxyl groups excluding tert-OH is 1. The highest BCUT2D eigenvalue weighted by Crippen LogP contribution is 2.40. The Bertz CT molecular complexity index is 1000. The number of phenolic OH excluding ortho intramolecular Hbond substituents is 1. The summed E-state index contributed by atoms with van der Waals surface area (Å²) in [6, 6.07) is 10.5. The number of carbonyl (C=O) groups excluding carboxylic acids is 3. The summed E-state index contributed by atoms with van der Waals surface area (Å²) in [5.74, 6) is -3.67. The number of ether oxygens (including phenoxy) is 2. The number of ketones is 2. The molecule has 144 valence electrons. The van der Waals surface area contributed by atoms with Crippen molar-refractivity contribution in [2.24, 2.45) is 0 Å². The van der Waals surface area contributed by atoms with Crippen molar-refractivity contribution in [3.05, 3.63) is 64.7 Å². The first kappa shape index (κ1) is 19.2. The fourth-order valence-corrected chi connectivity index (χ4v) is 3.27. The summed E-state index contributed by atoms with van der Waals surface area (Å²) in [5.41, 5.74) is 0.460. The number of hydrogen-bond donors (Lipinski definition) is 2. The maximum atomic E-state index is 12.8. The number of allylic oxidation sites excluding steroid dienone is 1. The Morgan fingerprint density at radius 1 is 1.00 bits per heavy atom. The zero-order valence-corrected chi connectivity index (χ0v) is 15.3. The van der Waals surface area contributed by atoms with Gasteiger partial charge in [-0.1, -0.05) is 30.3 Å². The molecule has 2 N–H and O–H groups in total. The highest BCUT2D eigenvalue weighted by atomic mass is 16.5. The molecule has 0 heterocycles. The lowest BCUT2D eigenvalue weighted by Crippen LogP contribution is -2.28. The molecular weight excluding hydrogens is 364 g/mol. The Kier molecular flexibility index (Phi) is 5.17. The van der Waals surface area contributed by atoms with E-state index < -0.39 is 23.5 Å². The molecule has 0 radical (unpaired) electrons. The summed E-state index contributed by atoms with van der Waals surface area (Å²) >= 11 is 0. The van der Waals surface area contributed by atoms with Crippen LogP contribution in [0.5, 0.6) is 11.5 Å². The Morgan fingerprint density at radius 2 is 1.68 bits per heavy atom. The van der Waals surface area contributed by atoms with Crippen molar-refractivity contribution in [2.45, 2.75) is 12.3 Å². The Morgan fingerprint density at radius 3 is 2.29 bits per heavy atom. The highest BCUT2D eigenvalue weighted by Gasteiger charge is 2.38. The van der Waals surface area contributed by atoms with Crippen LogP contribution >= 0.6 is 0 Å². The molecule has 28 heavy (non-hydrogen) atoms. The minimum absolute atomic E-state index is 0.100. The Labute approximate surface area is 160 Å². The van der Waals surface area contributed by atoms with Gasteiger partial charge in [0.15, 0.2) is 11.5 Å². The number of Topliss-reactive ketones (excluding diaryl/α,β-unsaturated/α-hetero) is 2. The van der Waals surface area contributed by atoms with Gasteiger partial charge in [0.25, 0.3) is 0 Å². The Hall–Kier alpha value is -3.61. The van der Waals surface area contributed by atoms with Crippen molar-refractivity contribution >= 4 is 23.3 Å². The molecule has 0 aliphatic heterocycles. The van der Waals surface area contributed by atoms with Crippen LogP contribution in [0, 0.1) is 0 Å². The molecule has 1 aliphatic rings. The summed E-state index contributed by atoms with van der Waals surface area (Å²) < 4.78 is 9.72. The fraction of sp³-hybridized carbons (Fsp3) is 0.190. The van der Waals surface area contributed by atoms with E-state index >= 15 is 0 Å². The maximum Gasteiger partial charge on any atom is 0.306 e. The summed E-state index contributed by atoms with van der Waals surface area (Å²) in [7, 11) is 2.58. The highest BCUT2D eigenvalue weighted by molar-refractivity contribution is 6.52. The van der Waals surface area contributed by atoms with Crippen LogP contribution in [-0.4, -0.2) is 42.0 Å². The summed E-state index contributed by atoms with van der Waals surface area (Å²) in [6.45, 7) is 0. The topological polar surface area (TPSA) is 110 Å². The average Bonchev–Trinajstić information content (AvgIpc) is 2.71. The van der Waals surface area contributed by atoms with Gasteiger partial charge < -0.3 is 19.7 Å². The molecule has 3 rings (SSSR count). The minimum atomic E-state index is -0.992. The predicted molar refractivity (Wildman–Crippen MR) is 99.4 cm³/mol. The van der Waals surface area contributed by atoms with Gasteiger partial charge in [-0.3, -0.25) is 14.4 Å². The number of esters is 1. The van der Waals surface area contributed by atoms with E-state index in [9.17, 15) is 24.6 Å². The van der Waals surface area contributed by atoms with Gasteiger partial charge >= 0.3 is 5.97 Å². The molecule has 7 nitrogen and oxygen atoms in total. The molecule has 0 bridgehead atoms. The third kappa shape index (κ3) is 3.22. The number of carbonyl (C=O) groups is 3. The van der Waals surface area contributed by atoms with E-state index in [1.54, 1.807) is 18.2 Å². The standard InChI is InChI=1S/C21H18O7/c1-27-16-8-7-11(9-15(16)22)14(10-17(23)28-2)18-19(24)12-5-3-4-6-13(12)20(25)21(18)26/h3-9,14,22,24H,10H2,1-2H3/t14-/m0/s1. The molecule has 0 spiro atoms. The second-order valence-electron chi connectivity index (χ2n) is 6.23. The van der Waals surface area contributed by atoms with Gasteiger partial charge in [-0.25, -0.2) is 0 Å². The fourth-order valence-electron chi connectivity index (χ4n) is 3.27. The van der Waals surface area contributed by atoms with E-state index in [2.05, 4.69) is 0 Å². The number of fused-ring (bicyclic) bond motifs is 1. The number of hydrogen-bond acceptors (Lipinski definition) is 7. The molecule has 0 aromatic heterocycles. The molecule has 7 heteroatoms. The van der Waals surface area contributed by atoms with E-state index in [4.69, 9.17) is 9.47 Å². The second kappa shape index (κ2) is 7.56. The number of phenols is 1. The van der Waals surface area contributed by atoms with Gasteiger partial charge in [0.05, 0.1) is 26.2 Å². The van der Waals surface area contributed by atoms with E-state index in [0.29, 0.717) is 5.56 Å². The van der Waals surface area contributed by atoms with Crippen molar-refractivity contribution in [3.8, 4) is 11.5 Å². The van der Waals surface area contributed by atoms with Gasteiger partial charge in [-0.2, -0.15) is 0 Å². The van der Waals surface area contributed by atoms with Gasteiger partial charge in [0.2, 0.25) is 11.6 Å². The summed E-state index contributed by atoms with van der Waals surface area (Å²) in [5, 5.41) is 20.9. The average molecular weight is 382 g/mol. The quantitative estimate of drug-likeness (QED) is 0.604. The van der Waals surface area contributed by atoms with E-state index in [1.165, 1.54) is 38.5 Å². The molecule has 0 saturated heterocycles. The normalized spacial score (nSPS) is 14.5. The first-order valence-electron chi connectivity index (χ1n) is 8.44. The van der Waals surface area contributed by atoms with Crippen LogP contribution in [0.4, 0.5) is 0 Å². The third-order valence-electron chi connectivity index (χ3n) is 4.68. The summed E-state index contributed by atoms with van der Waals surface area (Å²) in [6.07, 6.45) is -0.303. The van der Waals surface area contributed by atoms with Crippen LogP contribution in [0.25, 0.3) is 5.76 Å². The molecule has 2 aromatic carbocycles. The maximum absolute atomic E-state index is 12.8. The smallest absolute Gasteiger partial charge is 0.306 e. The van der Waals surface area contributed by atoms with Gasteiger partial charge in [-0.15, -0.1) is 0 Å². The van der Waals surface area contributed by atoms with Crippen LogP contribution in [0.15, 0.2) is 48.0 Å². The molecule has 0 amide bonds. The first-order valence-corrected chi connectivity index (χ1v) is 8.44. The number of methoxy groups -OCH3 is 2. The molecule has 0 fully saturated rings. The first-order chi connectivity index (χ1) is 13.4. The largest absolute Gasteiger partial charge is 0.507 e. The number of aromatic hydroxyl groups is 1. The van der Waals surface area contributed by atoms with Crippen LogP contribution < -0.4 is 4.74 Å². The molecule has 0 unspecified atom stereocenters. The second-order valence-corrected chi connectivity index (χ2v) is 6.23. The van der Waals surface area contributed by atoms with Crippen LogP contribution in [0.2, 0.25) is 0 Å². The van der Waals surface area contributed by atoms with E-state index in [0.717, 1.165) is 0 Å². The lowest BCUT2D eigenvalue weighted by atomic mass is 9.78. The van der Waals surface area contributed by atoms with Crippen molar-refractivity contribution in [2.75, 3.05) is 14.2 Å². The van der Waals surface area contributed by atoms with Gasteiger partial charge in [-0.05, 0) is 17.7 Å². The van der Waals surface area contributed by atoms with Crippen LogP contribution in [0.3, 0.4) is 0 Å². The van der Waals surface area contributed by atoms with E-state index in [1.807, 2.05) is 0 Å². The zero-order valence-electron chi connectivity index (χ0n) is 15.3.